The van der Waals surface area contributed by atoms with Crippen LogP contribution in [-0.2, 0) is 11.2 Å². The number of anilines is 1. The lowest BCUT2D eigenvalue weighted by Gasteiger charge is -2.06. The molecule has 0 bridgehead atoms. The summed E-state index contributed by atoms with van der Waals surface area (Å²) in [6.07, 6.45) is 1.89. The largest absolute Gasteiger partial charge is 0.358 e. The van der Waals surface area contributed by atoms with Gasteiger partial charge in [0.05, 0.1) is 18.1 Å². The van der Waals surface area contributed by atoms with Crippen molar-refractivity contribution in [1.82, 2.24) is 15.2 Å². The van der Waals surface area contributed by atoms with Gasteiger partial charge in [-0.05, 0) is 48.9 Å². The Kier molecular flexibility index (Phi) is 3.30. The van der Waals surface area contributed by atoms with E-state index in [1.165, 1.54) is 12.1 Å². The highest BCUT2D eigenvalue weighted by Gasteiger charge is 2.13. The van der Waals surface area contributed by atoms with Crippen molar-refractivity contribution in [3.8, 4) is 0 Å². The van der Waals surface area contributed by atoms with Gasteiger partial charge in [-0.25, -0.2) is 4.39 Å². The molecule has 4 aromatic rings. The molecule has 0 spiro atoms. The second kappa shape index (κ2) is 5.49. The number of hydrogen-bond donors (Lipinski definition) is 3. The first-order valence-corrected chi connectivity index (χ1v) is 7.60. The summed E-state index contributed by atoms with van der Waals surface area (Å²) < 4.78 is 13.5. The third-order valence-corrected chi connectivity index (χ3v) is 4.14. The molecule has 0 saturated carbocycles. The minimum Gasteiger partial charge on any atom is -0.358 e. The molecule has 24 heavy (non-hydrogen) atoms. The Bertz CT molecular complexity index is 1060. The van der Waals surface area contributed by atoms with Crippen LogP contribution in [0.1, 0.15) is 11.3 Å². The number of carbonyl (C=O) groups excluding carboxylic acids is 1. The number of rotatable bonds is 3. The van der Waals surface area contributed by atoms with E-state index in [2.05, 4.69) is 20.5 Å². The van der Waals surface area contributed by atoms with Crippen LogP contribution in [0.5, 0.6) is 0 Å². The van der Waals surface area contributed by atoms with E-state index in [1.54, 1.807) is 12.3 Å². The molecule has 0 aliphatic carbocycles. The molecule has 5 nitrogen and oxygen atoms in total. The van der Waals surface area contributed by atoms with Crippen molar-refractivity contribution in [2.75, 3.05) is 5.32 Å². The standard InChI is InChI=1S/C18H15FN4O/c1-10-14(15-7-12(19)2-4-17(15)21-10)8-18(24)22-13-3-5-16-11(6-13)9-20-23-16/h2-7,9,21H,8H2,1H3,(H,20,23)(H,22,24). The summed E-state index contributed by atoms with van der Waals surface area (Å²) in [5, 5.41) is 11.4. The summed E-state index contributed by atoms with van der Waals surface area (Å²) in [5.74, 6) is -0.459. The number of aromatic nitrogens is 3. The van der Waals surface area contributed by atoms with Crippen LogP contribution < -0.4 is 5.32 Å². The molecular formula is C18H15FN4O. The lowest BCUT2D eigenvalue weighted by Crippen LogP contribution is -2.14. The second-order valence-corrected chi connectivity index (χ2v) is 5.82. The molecule has 3 N–H and O–H groups in total. The summed E-state index contributed by atoms with van der Waals surface area (Å²) in [7, 11) is 0. The van der Waals surface area contributed by atoms with Crippen molar-refractivity contribution < 1.29 is 9.18 Å². The summed E-state index contributed by atoms with van der Waals surface area (Å²) in [4.78, 5) is 15.6. The molecule has 120 valence electrons. The zero-order chi connectivity index (χ0) is 16.7. The molecule has 0 atom stereocenters. The lowest BCUT2D eigenvalue weighted by atomic mass is 10.1. The predicted octanol–water partition coefficient (Wildman–Crippen LogP) is 3.67. The summed E-state index contributed by atoms with van der Waals surface area (Å²) >= 11 is 0. The maximum Gasteiger partial charge on any atom is 0.228 e. The molecule has 2 aromatic heterocycles. The van der Waals surface area contributed by atoms with E-state index in [4.69, 9.17) is 0 Å². The van der Waals surface area contributed by atoms with E-state index in [-0.39, 0.29) is 18.1 Å². The van der Waals surface area contributed by atoms with Gasteiger partial charge in [0.1, 0.15) is 5.82 Å². The van der Waals surface area contributed by atoms with E-state index in [0.29, 0.717) is 5.69 Å². The van der Waals surface area contributed by atoms with Crippen LogP contribution in [0.15, 0.2) is 42.6 Å². The van der Waals surface area contributed by atoms with Crippen molar-refractivity contribution in [1.29, 1.82) is 0 Å². The number of aryl methyl sites for hydroxylation is 1. The zero-order valence-electron chi connectivity index (χ0n) is 13.0. The van der Waals surface area contributed by atoms with E-state index in [1.807, 2.05) is 25.1 Å². The fourth-order valence-corrected chi connectivity index (χ4v) is 2.97. The van der Waals surface area contributed by atoms with E-state index >= 15 is 0 Å². The van der Waals surface area contributed by atoms with Crippen molar-refractivity contribution in [3.63, 3.8) is 0 Å². The number of nitrogens with zero attached hydrogens (tertiary/aromatic N) is 1. The molecule has 6 heteroatoms. The van der Waals surface area contributed by atoms with Gasteiger partial charge in [0.2, 0.25) is 5.91 Å². The first-order valence-electron chi connectivity index (χ1n) is 7.60. The SMILES string of the molecule is Cc1[nH]c2ccc(F)cc2c1CC(=O)Nc1ccc2[nH]ncc2c1. The second-order valence-electron chi connectivity index (χ2n) is 5.82. The van der Waals surface area contributed by atoms with Crippen LogP contribution in [0.2, 0.25) is 0 Å². The van der Waals surface area contributed by atoms with Gasteiger partial charge < -0.3 is 10.3 Å². The quantitative estimate of drug-likeness (QED) is 0.538. The van der Waals surface area contributed by atoms with Gasteiger partial charge in [-0.3, -0.25) is 9.89 Å². The van der Waals surface area contributed by atoms with Gasteiger partial charge in [0, 0.05) is 27.7 Å². The Hall–Kier alpha value is -3.15. The summed E-state index contributed by atoms with van der Waals surface area (Å²) in [6, 6.07) is 10.1. The van der Waals surface area contributed by atoms with Crippen LogP contribution in [-0.4, -0.2) is 21.1 Å². The van der Waals surface area contributed by atoms with E-state index in [9.17, 15) is 9.18 Å². The van der Waals surface area contributed by atoms with Crippen molar-refractivity contribution in [3.05, 3.63) is 59.7 Å². The number of halogens is 1. The Morgan fingerprint density at radius 3 is 2.92 bits per heavy atom. The van der Waals surface area contributed by atoms with Crippen molar-refractivity contribution in [2.24, 2.45) is 0 Å². The van der Waals surface area contributed by atoms with Crippen LogP contribution >= 0.6 is 0 Å². The van der Waals surface area contributed by atoms with E-state index < -0.39 is 0 Å². The van der Waals surface area contributed by atoms with Crippen LogP contribution in [0.4, 0.5) is 10.1 Å². The van der Waals surface area contributed by atoms with Gasteiger partial charge in [-0.15, -0.1) is 0 Å². The normalized spacial score (nSPS) is 11.2. The Morgan fingerprint density at radius 1 is 1.21 bits per heavy atom. The summed E-state index contributed by atoms with van der Waals surface area (Å²) in [5.41, 5.74) is 4.13. The van der Waals surface area contributed by atoms with Gasteiger partial charge in [-0.2, -0.15) is 5.10 Å². The molecule has 1 amide bonds. The molecule has 2 aromatic carbocycles. The lowest BCUT2D eigenvalue weighted by molar-refractivity contribution is -0.115. The Balaban J connectivity index is 1.59. The third kappa shape index (κ3) is 2.52. The highest BCUT2D eigenvalue weighted by atomic mass is 19.1. The molecule has 0 radical (unpaired) electrons. The molecule has 0 fully saturated rings. The summed E-state index contributed by atoms with van der Waals surface area (Å²) in [6.45, 7) is 1.89. The van der Waals surface area contributed by atoms with Gasteiger partial charge in [0.15, 0.2) is 0 Å². The average molecular weight is 322 g/mol. The number of nitrogens with one attached hydrogen (secondary N) is 3. The van der Waals surface area contributed by atoms with E-state index in [0.717, 1.165) is 33.1 Å². The number of H-pyrrole nitrogens is 2. The monoisotopic (exact) mass is 322 g/mol. The zero-order valence-corrected chi connectivity index (χ0v) is 13.0. The minimum atomic E-state index is -0.312. The smallest absolute Gasteiger partial charge is 0.228 e. The number of aromatic amines is 2. The number of fused-ring (bicyclic) bond motifs is 2. The fraction of sp³-hybridized carbons (Fsp3) is 0.111. The number of hydrogen-bond acceptors (Lipinski definition) is 2. The highest BCUT2D eigenvalue weighted by molar-refractivity contribution is 5.97. The molecule has 4 rings (SSSR count). The maximum absolute atomic E-state index is 13.5. The molecule has 0 aliphatic rings. The highest BCUT2D eigenvalue weighted by Crippen LogP contribution is 2.24. The maximum atomic E-state index is 13.5. The van der Waals surface area contributed by atoms with Crippen LogP contribution in [0, 0.1) is 12.7 Å². The molecule has 2 heterocycles. The van der Waals surface area contributed by atoms with Crippen LogP contribution in [0.3, 0.4) is 0 Å². The van der Waals surface area contributed by atoms with Crippen LogP contribution in [0.25, 0.3) is 21.8 Å². The van der Waals surface area contributed by atoms with Gasteiger partial charge in [-0.1, -0.05) is 0 Å². The topological polar surface area (TPSA) is 73.6 Å². The van der Waals surface area contributed by atoms with Gasteiger partial charge >= 0.3 is 0 Å². The number of amides is 1. The first kappa shape index (κ1) is 14.4. The Morgan fingerprint density at radius 2 is 2.04 bits per heavy atom. The van der Waals surface area contributed by atoms with Crippen molar-refractivity contribution in [2.45, 2.75) is 13.3 Å². The van der Waals surface area contributed by atoms with Gasteiger partial charge in [0.25, 0.3) is 0 Å². The molecular weight excluding hydrogens is 307 g/mol. The number of carbonyl (C=O) groups is 1. The first-order chi connectivity index (χ1) is 11.6. The molecule has 0 unspecified atom stereocenters. The predicted molar refractivity (Wildman–Crippen MR) is 91.4 cm³/mol. The number of benzene rings is 2. The third-order valence-electron chi connectivity index (χ3n) is 4.14. The fourth-order valence-electron chi connectivity index (χ4n) is 2.97. The van der Waals surface area contributed by atoms with Crippen molar-refractivity contribution >= 4 is 33.4 Å². The molecule has 0 saturated heterocycles. The Labute approximate surface area is 136 Å². The minimum absolute atomic E-state index is 0.147. The average Bonchev–Trinajstić information content (AvgIpc) is 3.12. The molecule has 0 aliphatic heterocycles.